The Labute approximate surface area is 106 Å². The second-order valence-corrected chi connectivity index (χ2v) is 5.53. The predicted molar refractivity (Wildman–Crippen MR) is 71.8 cm³/mol. The fourth-order valence-electron chi connectivity index (χ4n) is 2.22. The maximum Gasteiger partial charge on any atom is 0.218 e. The van der Waals surface area contributed by atoms with Crippen molar-refractivity contribution >= 4 is 17.7 Å². The molecule has 0 spiro atoms. The number of benzene rings is 1. The van der Waals surface area contributed by atoms with Crippen LogP contribution in [0.5, 0.6) is 0 Å². The number of fused-ring (bicyclic) bond motifs is 1. The SMILES string of the molecule is CC(CC(N)=O)NC1CSCc2ccccc21. The van der Waals surface area contributed by atoms with E-state index < -0.39 is 0 Å². The molecule has 0 saturated carbocycles. The van der Waals surface area contributed by atoms with E-state index in [2.05, 4.69) is 29.6 Å². The molecule has 17 heavy (non-hydrogen) atoms. The van der Waals surface area contributed by atoms with E-state index in [-0.39, 0.29) is 11.9 Å². The fourth-order valence-corrected chi connectivity index (χ4v) is 3.34. The molecule has 0 radical (unpaired) electrons. The Bertz CT molecular complexity index is 408. The van der Waals surface area contributed by atoms with Crippen molar-refractivity contribution in [2.24, 2.45) is 5.73 Å². The molecule has 3 nitrogen and oxygen atoms in total. The molecule has 1 heterocycles. The molecule has 0 saturated heterocycles. The van der Waals surface area contributed by atoms with Crippen LogP contribution in [0.4, 0.5) is 0 Å². The summed E-state index contributed by atoms with van der Waals surface area (Å²) in [4.78, 5) is 10.9. The van der Waals surface area contributed by atoms with Crippen molar-refractivity contribution < 1.29 is 4.79 Å². The van der Waals surface area contributed by atoms with Gasteiger partial charge in [-0.15, -0.1) is 0 Å². The van der Waals surface area contributed by atoms with Crippen molar-refractivity contribution in [2.45, 2.75) is 31.2 Å². The van der Waals surface area contributed by atoms with Gasteiger partial charge in [0.05, 0.1) is 0 Å². The molecule has 1 aromatic carbocycles. The van der Waals surface area contributed by atoms with Crippen LogP contribution in [0, 0.1) is 0 Å². The largest absolute Gasteiger partial charge is 0.370 e. The van der Waals surface area contributed by atoms with Gasteiger partial charge in [-0.1, -0.05) is 24.3 Å². The van der Waals surface area contributed by atoms with Crippen molar-refractivity contribution in [3.8, 4) is 0 Å². The first-order valence-electron chi connectivity index (χ1n) is 5.86. The Kier molecular flexibility index (Phi) is 4.07. The molecule has 4 heteroatoms. The second kappa shape index (κ2) is 5.56. The molecule has 3 N–H and O–H groups in total. The van der Waals surface area contributed by atoms with Gasteiger partial charge in [0, 0.05) is 30.0 Å². The first-order chi connectivity index (χ1) is 8.16. The molecule has 2 unspecified atom stereocenters. The van der Waals surface area contributed by atoms with Gasteiger partial charge in [0.2, 0.25) is 5.91 Å². The molecule has 92 valence electrons. The highest BCUT2D eigenvalue weighted by Crippen LogP contribution is 2.31. The van der Waals surface area contributed by atoms with Crippen molar-refractivity contribution in [3.63, 3.8) is 0 Å². The van der Waals surface area contributed by atoms with Crippen molar-refractivity contribution in [1.29, 1.82) is 0 Å². The third kappa shape index (κ3) is 3.23. The minimum Gasteiger partial charge on any atom is -0.370 e. The average molecular weight is 250 g/mol. The monoisotopic (exact) mass is 250 g/mol. The van der Waals surface area contributed by atoms with Crippen LogP contribution in [0.25, 0.3) is 0 Å². The lowest BCUT2D eigenvalue weighted by Gasteiger charge is -2.28. The molecule has 0 aliphatic carbocycles. The number of carbonyl (C=O) groups excluding carboxylic acids is 1. The molecule has 1 aromatic rings. The van der Waals surface area contributed by atoms with E-state index in [0.717, 1.165) is 11.5 Å². The molecular formula is C13H18N2OS. The molecule has 0 aromatic heterocycles. The van der Waals surface area contributed by atoms with E-state index in [1.807, 2.05) is 18.7 Å². The number of rotatable bonds is 4. The third-order valence-corrected chi connectivity index (χ3v) is 4.05. The summed E-state index contributed by atoms with van der Waals surface area (Å²) >= 11 is 1.93. The maximum atomic E-state index is 10.9. The van der Waals surface area contributed by atoms with Gasteiger partial charge in [-0.25, -0.2) is 0 Å². The molecule has 0 fully saturated rings. The van der Waals surface area contributed by atoms with Crippen LogP contribution >= 0.6 is 11.8 Å². The summed E-state index contributed by atoms with van der Waals surface area (Å²) in [5.41, 5.74) is 7.97. The Hall–Kier alpha value is -1.00. The first kappa shape index (κ1) is 12.5. The lowest BCUT2D eigenvalue weighted by atomic mass is 10.0. The van der Waals surface area contributed by atoms with Crippen molar-refractivity contribution in [3.05, 3.63) is 35.4 Å². The summed E-state index contributed by atoms with van der Waals surface area (Å²) in [5.74, 6) is 1.89. The van der Waals surface area contributed by atoms with E-state index in [9.17, 15) is 4.79 Å². The highest BCUT2D eigenvalue weighted by molar-refractivity contribution is 7.98. The first-order valence-corrected chi connectivity index (χ1v) is 7.02. The summed E-state index contributed by atoms with van der Waals surface area (Å²) in [5, 5.41) is 3.48. The number of primary amides is 1. The van der Waals surface area contributed by atoms with Gasteiger partial charge in [0.1, 0.15) is 0 Å². The van der Waals surface area contributed by atoms with Gasteiger partial charge in [0.25, 0.3) is 0 Å². The molecule has 0 bridgehead atoms. The smallest absolute Gasteiger partial charge is 0.218 e. The van der Waals surface area contributed by atoms with Crippen molar-refractivity contribution in [2.75, 3.05) is 5.75 Å². The topological polar surface area (TPSA) is 55.1 Å². The van der Waals surface area contributed by atoms with E-state index in [0.29, 0.717) is 12.5 Å². The van der Waals surface area contributed by atoms with Crippen LogP contribution in [0.1, 0.15) is 30.5 Å². The van der Waals surface area contributed by atoms with Crippen LogP contribution in [0.3, 0.4) is 0 Å². The highest BCUT2D eigenvalue weighted by atomic mass is 32.2. The van der Waals surface area contributed by atoms with E-state index in [1.165, 1.54) is 11.1 Å². The number of hydrogen-bond acceptors (Lipinski definition) is 3. The molecule has 1 aliphatic heterocycles. The zero-order valence-corrected chi connectivity index (χ0v) is 10.8. The quantitative estimate of drug-likeness (QED) is 0.857. The Balaban J connectivity index is 2.05. The predicted octanol–water partition coefficient (Wildman–Crippen LogP) is 1.83. The number of thioether (sulfide) groups is 1. The van der Waals surface area contributed by atoms with E-state index in [1.54, 1.807) is 0 Å². The van der Waals surface area contributed by atoms with Gasteiger partial charge >= 0.3 is 0 Å². The number of nitrogens with two attached hydrogens (primary N) is 1. The molecule has 2 rings (SSSR count). The van der Waals surface area contributed by atoms with Gasteiger partial charge < -0.3 is 11.1 Å². The summed E-state index contributed by atoms with van der Waals surface area (Å²) in [6.07, 6.45) is 0.392. The minimum atomic E-state index is -0.248. The lowest BCUT2D eigenvalue weighted by molar-refractivity contribution is -0.118. The molecule has 1 aliphatic rings. The number of nitrogens with one attached hydrogen (secondary N) is 1. The van der Waals surface area contributed by atoms with Gasteiger partial charge in [-0.2, -0.15) is 11.8 Å². The van der Waals surface area contributed by atoms with Gasteiger partial charge in [-0.05, 0) is 18.1 Å². The van der Waals surface area contributed by atoms with E-state index in [4.69, 9.17) is 5.73 Å². The van der Waals surface area contributed by atoms with Crippen LogP contribution in [-0.4, -0.2) is 17.7 Å². The summed E-state index contributed by atoms with van der Waals surface area (Å²) in [6.45, 7) is 2.01. The van der Waals surface area contributed by atoms with Crippen LogP contribution in [-0.2, 0) is 10.5 Å². The lowest BCUT2D eigenvalue weighted by Crippen LogP contribution is -2.36. The molecule has 1 amide bonds. The van der Waals surface area contributed by atoms with Crippen LogP contribution in [0.2, 0.25) is 0 Å². The zero-order chi connectivity index (χ0) is 12.3. The van der Waals surface area contributed by atoms with Crippen LogP contribution in [0.15, 0.2) is 24.3 Å². The summed E-state index contributed by atoms with van der Waals surface area (Å²) in [7, 11) is 0. The number of carbonyl (C=O) groups is 1. The minimum absolute atomic E-state index is 0.129. The molecule has 2 atom stereocenters. The summed E-state index contributed by atoms with van der Waals surface area (Å²) < 4.78 is 0. The highest BCUT2D eigenvalue weighted by Gasteiger charge is 2.21. The van der Waals surface area contributed by atoms with Crippen LogP contribution < -0.4 is 11.1 Å². The molecular weight excluding hydrogens is 232 g/mol. The standard InChI is InChI=1S/C13H18N2OS/c1-9(6-13(14)16)15-12-8-17-7-10-4-2-3-5-11(10)12/h2-5,9,12,15H,6-8H2,1H3,(H2,14,16). The zero-order valence-electron chi connectivity index (χ0n) is 9.98. The number of amides is 1. The normalized spacial score (nSPS) is 20.6. The second-order valence-electron chi connectivity index (χ2n) is 4.50. The Morgan fingerprint density at radius 3 is 3.12 bits per heavy atom. The third-order valence-electron chi connectivity index (χ3n) is 2.97. The van der Waals surface area contributed by atoms with Gasteiger partial charge in [0.15, 0.2) is 0 Å². The Morgan fingerprint density at radius 1 is 1.59 bits per heavy atom. The maximum absolute atomic E-state index is 10.9. The number of hydrogen-bond donors (Lipinski definition) is 2. The van der Waals surface area contributed by atoms with Crippen molar-refractivity contribution in [1.82, 2.24) is 5.32 Å². The Morgan fingerprint density at radius 2 is 2.35 bits per heavy atom. The van der Waals surface area contributed by atoms with E-state index >= 15 is 0 Å². The van der Waals surface area contributed by atoms with Gasteiger partial charge in [-0.3, -0.25) is 4.79 Å². The average Bonchev–Trinajstić information content (AvgIpc) is 2.28. The summed E-state index contributed by atoms with van der Waals surface area (Å²) in [6, 6.07) is 8.96. The fraction of sp³-hybridized carbons (Fsp3) is 0.462.